The van der Waals surface area contributed by atoms with Crippen LogP contribution in [0.4, 0.5) is 0 Å². The van der Waals surface area contributed by atoms with Crippen LogP contribution in [0.2, 0.25) is 0 Å². The fraction of sp³-hybridized carbons (Fsp3) is 0.905. The van der Waals surface area contributed by atoms with Crippen molar-refractivity contribution < 1.29 is 76.9 Å². The van der Waals surface area contributed by atoms with Gasteiger partial charge < -0.3 is 44.6 Å². The first-order valence-corrected chi connectivity index (χ1v) is 25.5. The molecule has 1 aliphatic carbocycles. The zero-order chi connectivity index (χ0) is 44.8. The number of aliphatic hydroxyl groups is 4. The Kier molecular flexibility index (Phi) is 31.5. The summed E-state index contributed by atoms with van der Waals surface area (Å²) < 4.78 is 47.8. The quantitative estimate of drug-likeness (QED) is 0.0136. The van der Waals surface area contributed by atoms with Crippen LogP contribution in [0.5, 0.6) is 0 Å². The summed E-state index contributed by atoms with van der Waals surface area (Å²) in [4.78, 5) is 52.9. The number of unbranched alkanes of at least 4 members (excludes halogenated alkanes) is 14. The van der Waals surface area contributed by atoms with Crippen molar-refractivity contribution in [2.45, 2.75) is 199 Å². The summed E-state index contributed by atoms with van der Waals surface area (Å²) in [6.07, 6.45) is 18.5. The largest absolute Gasteiger partial charge is 0.472 e. The van der Waals surface area contributed by atoms with Gasteiger partial charge in [0.2, 0.25) is 0 Å². The number of ether oxygens (including phenoxy) is 2. The third kappa shape index (κ3) is 30.7. The van der Waals surface area contributed by atoms with Crippen LogP contribution in [0.1, 0.15) is 168 Å². The van der Waals surface area contributed by atoms with E-state index in [-0.39, 0.29) is 31.1 Å². The Hall–Kier alpha value is -1.26. The highest BCUT2D eigenvalue weighted by Crippen LogP contribution is 2.44. The lowest BCUT2D eigenvalue weighted by atomic mass is 9.88. The number of aliphatic hydroxyl groups excluding tert-OH is 4. The molecule has 16 nitrogen and oxygen atoms in total. The Balaban J connectivity index is 2.54. The van der Waals surface area contributed by atoms with E-state index in [1.807, 2.05) is 6.08 Å². The van der Waals surface area contributed by atoms with Crippen LogP contribution in [0.25, 0.3) is 0 Å². The van der Waals surface area contributed by atoms with Crippen molar-refractivity contribution in [2.75, 3.05) is 26.4 Å². The van der Waals surface area contributed by atoms with Crippen molar-refractivity contribution in [3.63, 3.8) is 0 Å². The van der Waals surface area contributed by atoms with Gasteiger partial charge in [-0.15, -0.1) is 0 Å². The first kappa shape index (κ1) is 56.8. The number of carbonyl (C=O) groups is 2. The first-order valence-electron chi connectivity index (χ1n) is 22.5. The summed E-state index contributed by atoms with van der Waals surface area (Å²) in [5.41, 5.74) is 0. The van der Waals surface area contributed by atoms with Crippen LogP contribution < -0.4 is 0 Å². The molecule has 0 bridgehead atoms. The minimum absolute atomic E-state index is 0.00762. The highest BCUT2D eigenvalue weighted by atomic mass is 31.2. The van der Waals surface area contributed by atoms with Gasteiger partial charge in [0, 0.05) is 25.2 Å². The lowest BCUT2D eigenvalue weighted by Gasteiger charge is -2.21. The van der Waals surface area contributed by atoms with Gasteiger partial charge in [0.25, 0.3) is 0 Å². The van der Waals surface area contributed by atoms with Gasteiger partial charge in [-0.3, -0.25) is 23.2 Å². The number of hydrogen-bond donors (Lipinski definition) is 7. The topological polar surface area (TPSA) is 256 Å². The molecule has 0 amide bonds. The highest BCUT2D eigenvalue weighted by Gasteiger charge is 2.39. The van der Waals surface area contributed by atoms with E-state index in [4.69, 9.17) is 23.8 Å². The molecule has 0 aromatic heterocycles. The molecule has 1 rings (SSSR count). The lowest BCUT2D eigenvalue weighted by Crippen LogP contribution is -2.30. The Morgan fingerprint density at radius 2 is 1.20 bits per heavy atom. The number of phosphoric acid groups is 2. The third-order valence-corrected chi connectivity index (χ3v) is 12.1. The van der Waals surface area contributed by atoms with E-state index in [2.05, 4.69) is 29.8 Å². The van der Waals surface area contributed by atoms with Crippen LogP contribution in [-0.4, -0.2) is 104 Å². The van der Waals surface area contributed by atoms with Crippen LogP contribution in [0, 0.1) is 17.8 Å². The van der Waals surface area contributed by atoms with Gasteiger partial charge in [0.15, 0.2) is 6.10 Å². The molecule has 18 heteroatoms. The van der Waals surface area contributed by atoms with E-state index in [0.717, 1.165) is 57.3 Å². The van der Waals surface area contributed by atoms with E-state index in [1.165, 1.54) is 44.9 Å². The molecule has 0 aromatic carbocycles. The van der Waals surface area contributed by atoms with E-state index < -0.39 is 84.5 Å². The van der Waals surface area contributed by atoms with Gasteiger partial charge in [0.1, 0.15) is 12.7 Å². The predicted molar refractivity (Wildman–Crippen MR) is 227 cm³/mol. The number of phosphoric ester groups is 2. The fourth-order valence-electron chi connectivity index (χ4n) is 7.22. The number of rotatable bonds is 38. The van der Waals surface area contributed by atoms with Gasteiger partial charge in [-0.1, -0.05) is 136 Å². The molecule has 8 atom stereocenters. The number of carbonyl (C=O) groups excluding carboxylic acids is 2. The molecule has 1 fully saturated rings. The molecule has 1 saturated carbocycles. The molecular formula is C42H80O16P2. The van der Waals surface area contributed by atoms with Crippen molar-refractivity contribution in [3.05, 3.63) is 12.2 Å². The summed E-state index contributed by atoms with van der Waals surface area (Å²) in [7, 11) is -9.75. The first-order chi connectivity index (χ1) is 28.4. The van der Waals surface area contributed by atoms with Gasteiger partial charge in [-0.25, -0.2) is 9.13 Å². The normalized spacial score (nSPS) is 21.0. The maximum absolute atomic E-state index is 12.8. The Morgan fingerprint density at radius 1 is 0.667 bits per heavy atom. The molecule has 0 aromatic rings. The maximum Gasteiger partial charge on any atom is 0.472 e. The molecule has 0 spiro atoms. The molecular weight excluding hydrogens is 822 g/mol. The number of hydrogen-bond acceptors (Lipinski definition) is 13. The molecule has 0 radical (unpaired) electrons. The second kappa shape index (κ2) is 33.3. The monoisotopic (exact) mass is 902 g/mol. The van der Waals surface area contributed by atoms with Crippen LogP contribution in [-0.2, 0) is 41.8 Å². The average molecular weight is 903 g/mol. The summed E-state index contributed by atoms with van der Waals surface area (Å²) in [6.45, 7) is 3.71. The second-order valence-corrected chi connectivity index (χ2v) is 19.5. The smallest absolute Gasteiger partial charge is 0.462 e. The van der Waals surface area contributed by atoms with Crippen molar-refractivity contribution in [3.8, 4) is 0 Å². The second-order valence-electron chi connectivity index (χ2n) is 16.8. The van der Waals surface area contributed by atoms with E-state index in [1.54, 1.807) is 6.08 Å². The zero-order valence-electron chi connectivity index (χ0n) is 36.6. The van der Waals surface area contributed by atoms with Gasteiger partial charge in [0.05, 0.1) is 38.1 Å². The average Bonchev–Trinajstić information content (AvgIpc) is 3.45. The molecule has 1 unspecified atom stereocenters. The van der Waals surface area contributed by atoms with Gasteiger partial charge in [-0.05, 0) is 37.5 Å². The molecule has 1 aliphatic rings. The van der Waals surface area contributed by atoms with Crippen LogP contribution in [0.15, 0.2) is 12.2 Å². The summed E-state index contributed by atoms with van der Waals surface area (Å²) >= 11 is 0. The molecule has 7 N–H and O–H groups in total. The van der Waals surface area contributed by atoms with Crippen molar-refractivity contribution >= 4 is 27.6 Å². The Bertz CT molecular complexity index is 1250. The van der Waals surface area contributed by atoms with E-state index in [9.17, 15) is 44.0 Å². The minimum Gasteiger partial charge on any atom is -0.462 e. The summed E-state index contributed by atoms with van der Waals surface area (Å²) in [5, 5.41) is 41.2. The molecule has 60 heavy (non-hydrogen) atoms. The van der Waals surface area contributed by atoms with Crippen molar-refractivity contribution in [2.24, 2.45) is 17.8 Å². The zero-order valence-corrected chi connectivity index (χ0v) is 38.4. The predicted octanol–water partition coefficient (Wildman–Crippen LogP) is 7.58. The van der Waals surface area contributed by atoms with Crippen LogP contribution >= 0.6 is 15.6 Å². The molecule has 0 aliphatic heterocycles. The van der Waals surface area contributed by atoms with Crippen LogP contribution in [0.3, 0.4) is 0 Å². The van der Waals surface area contributed by atoms with E-state index in [0.29, 0.717) is 32.1 Å². The van der Waals surface area contributed by atoms with Crippen molar-refractivity contribution in [1.29, 1.82) is 0 Å². The summed E-state index contributed by atoms with van der Waals surface area (Å²) in [5.74, 6) is -0.792. The standard InChI is InChI=1S/C42H80O16P2/c1-4-5-16-22-34(43)26-27-38-37(39(45)28-40(38)46)23-18-14-15-20-25-42(48)58-36(32-57-60(52,53)56-30-35(44)29-55-59(49,50)51)31-54-41(47)24-19-13-11-9-7-6-8-10-12-17-21-33(2)3/h26-27,33-40,43-46H,4-25,28-32H2,1-3H3,(H,52,53)(H2,49,50,51)/b27-26+/t34-,35-,36+,37+,38+,39-,40+/m0/s1. The molecule has 0 heterocycles. The Labute approximate surface area is 359 Å². The lowest BCUT2D eigenvalue weighted by molar-refractivity contribution is -0.161. The number of esters is 2. The minimum atomic E-state index is -4.89. The fourth-order valence-corrected chi connectivity index (χ4v) is 8.37. The van der Waals surface area contributed by atoms with E-state index >= 15 is 0 Å². The molecule has 354 valence electrons. The molecule has 0 saturated heterocycles. The summed E-state index contributed by atoms with van der Waals surface area (Å²) in [6, 6.07) is 0. The van der Waals surface area contributed by atoms with Gasteiger partial charge >= 0.3 is 27.6 Å². The highest BCUT2D eigenvalue weighted by molar-refractivity contribution is 7.47. The maximum atomic E-state index is 12.8. The Morgan fingerprint density at radius 3 is 1.80 bits per heavy atom. The van der Waals surface area contributed by atoms with Crippen molar-refractivity contribution in [1.82, 2.24) is 0 Å². The SMILES string of the molecule is CCCCC[C@H](O)/C=C/[C@@H]1[C@@H](CCCCCCC(=O)O[C@H](COC(=O)CCCCCCCCCCCCC(C)C)COP(=O)(O)OC[C@@H](O)COP(=O)(O)O)[C@@H](O)C[C@H]1O. The van der Waals surface area contributed by atoms with Gasteiger partial charge in [-0.2, -0.15) is 0 Å². The third-order valence-electron chi connectivity index (χ3n) is 10.7.